The summed E-state index contributed by atoms with van der Waals surface area (Å²) in [5.41, 5.74) is 0. The van der Waals surface area contributed by atoms with Gasteiger partial charge in [0.15, 0.2) is 0 Å². The van der Waals surface area contributed by atoms with E-state index in [4.69, 9.17) is 10.2 Å². The molecule has 0 aliphatic carbocycles. The van der Waals surface area contributed by atoms with E-state index in [2.05, 4.69) is 13.2 Å². The summed E-state index contributed by atoms with van der Waals surface area (Å²) in [7, 11) is 0. The van der Waals surface area contributed by atoms with Crippen molar-refractivity contribution in [2.24, 2.45) is 0 Å². The monoisotopic (exact) mass is 243 g/mol. The highest BCUT2D eigenvalue weighted by Crippen LogP contribution is 2.17. The van der Waals surface area contributed by atoms with Crippen LogP contribution in [0.3, 0.4) is 0 Å². The molecule has 94 valence electrons. The lowest BCUT2D eigenvalue weighted by Crippen LogP contribution is -2.45. The number of carboxylic acids is 2. The second kappa shape index (κ2) is 6.41. The van der Waals surface area contributed by atoms with Gasteiger partial charge in [-0.1, -0.05) is 0 Å². The number of imide groups is 1. The molecule has 1 aliphatic rings. The first-order valence-corrected chi connectivity index (χ1v) is 4.73. The van der Waals surface area contributed by atoms with E-state index in [-0.39, 0.29) is 12.8 Å². The first-order valence-electron chi connectivity index (χ1n) is 4.73. The summed E-state index contributed by atoms with van der Waals surface area (Å²) in [6, 6.07) is -1.59. The first-order chi connectivity index (χ1) is 7.93. The summed E-state index contributed by atoms with van der Waals surface area (Å²) in [5, 5.41) is 17.2. The van der Waals surface area contributed by atoms with Crippen molar-refractivity contribution in [1.29, 1.82) is 0 Å². The molecular weight excluding hydrogens is 230 g/mol. The number of likely N-dealkylation sites (tertiary alicyclic amines) is 1. The summed E-state index contributed by atoms with van der Waals surface area (Å²) >= 11 is 0. The molecule has 0 bridgehead atoms. The van der Waals surface area contributed by atoms with Crippen molar-refractivity contribution >= 4 is 23.8 Å². The zero-order valence-corrected chi connectivity index (χ0v) is 9.09. The van der Waals surface area contributed by atoms with E-state index in [9.17, 15) is 19.2 Å². The van der Waals surface area contributed by atoms with Gasteiger partial charge in [-0.2, -0.15) is 0 Å². The largest absolute Gasteiger partial charge is 0.481 e. The third kappa shape index (κ3) is 3.71. The quantitative estimate of drug-likeness (QED) is 0.525. The van der Waals surface area contributed by atoms with Gasteiger partial charge >= 0.3 is 11.9 Å². The minimum absolute atomic E-state index is 0.0533. The maximum absolute atomic E-state index is 11.2. The minimum Gasteiger partial charge on any atom is -0.481 e. The van der Waals surface area contributed by atoms with Gasteiger partial charge in [0.05, 0.1) is 6.42 Å². The zero-order chi connectivity index (χ0) is 13.6. The van der Waals surface area contributed by atoms with Crippen molar-refractivity contribution in [3.8, 4) is 0 Å². The number of carboxylic acid groups (broad SMARTS) is 2. The summed E-state index contributed by atoms with van der Waals surface area (Å²) in [5.74, 6) is -4.11. The predicted molar refractivity (Wildman–Crippen MR) is 56.0 cm³/mol. The van der Waals surface area contributed by atoms with E-state index < -0.39 is 36.2 Å². The molecule has 1 rings (SSSR count). The minimum atomic E-state index is -1.59. The van der Waals surface area contributed by atoms with Crippen LogP contribution in [0.15, 0.2) is 13.2 Å². The molecule has 2 N–H and O–H groups in total. The number of nitrogens with zero attached hydrogens (tertiary/aromatic N) is 1. The van der Waals surface area contributed by atoms with E-state index in [0.29, 0.717) is 4.90 Å². The summed E-state index contributed by atoms with van der Waals surface area (Å²) in [4.78, 5) is 43.9. The number of rotatable bonds is 4. The van der Waals surface area contributed by atoms with Gasteiger partial charge in [0.1, 0.15) is 6.04 Å². The van der Waals surface area contributed by atoms with Crippen LogP contribution in [-0.2, 0) is 19.2 Å². The zero-order valence-electron chi connectivity index (χ0n) is 9.09. The van der Waals surface area contributed by atoms with Crippen LogP contribution in [0.5, 0.6) is 0 Å². The second-order valence-electron chi connectivity index (χ2n) is 3.11. The highest BCUT2D eigenvalue weighted by molar-refractivity contribution is 6.05. The lowest BCUT2D eigenvalue weighted by Gasteiger charge is -2.20. The van der Waals surface area contributed by atoms with Crippen LogP contribution >= 0.6 is 0 Å². The fraction of sp³-hybridized carbons (Fsp3) is 0.400. The molecule has 1 aliphatic heterocycles. The maximum Gasteiger partial charge on any atom is 0.327 e. The Morgan fingerprint density at radius 3 is 1.88 bits per heavy atom. The van der Waals surface area contributed by atoms with Crippen LogP contribution < -0.4 is 0 Å². The second-order valence-corrected chi connectivity index (χ2v) is 3.11. The molecule has 1 heterocycles. The highest BCUT2D eigenvalue weighted by atomic mass is 16.4. The van der Waals surface area contributed by atoms with Crippen molar-refractivity contribution in [1.82, 2.24) is 4.90 Å². The number of hydrogen-bond donors (Lipinski definition) is 2. The average Bonchev–Trinajstić information content (AvgIpc) is 2.58. The third-order valence-corrected chi connectivity index (χ3v) is 2.05. The Labute approximate surface area is 97.3 Å². The van der Waals surface area contributed by atoms with E-state index in [1.807, 2.05) is 0 Å². The van der Waals surface area contributed by atoms with Crippen molar-refractivity contribution in [3.05, 3.63) is 13.2 Å². The predicted octanol–water partition coefficient (Wildman–Crippen LogP) is -0.135. The maximum atomic E-state index is 11.2. The van der Waals surface area contributed by atoms with Crippen LogP contribution in [0, 0.1) is 0 Å². The van der Waals surface area contributed by atoms with Gasteiger partial charge in [-0.25, -0.2) is 4.79 Å². The normalized spacial score (nSPS) is 16.1. The summed E-state index contributed by atoms with van der Waals surface area (Å²) < 4.78 is 0. The van der Waals surface area contributed by atoms with Gasteiger partial charge in [-0.3, -0.25) is 19.3 Å². The SMILES string of the molecule is C=C.O=C(O)CC(C(=O)O)N1C(=O)CCC1=O. The first kappa shape index (κ1) is 14.8. The van der Waals surface area contributed by atoms with Crippen molar-refractivity contribution < 1.29 is 29.4 Å². The molecule has 0 aromatic rings. The third-order valence-electron chi connectivity index (χ3n) is 2.05. The lowest BCUT2D eigenvalue weighted by atomic mass is 10.2. The fourth-order valence-electron chi connectivity index (χ4n) is 1.40. The molecule has 1 saturated heterocycles. The van der Waals surface area contributed by atoms with Gasteiger partial charge < -0.3 is 10.2 Å². The lowest BCUT2D eigenvalue weighted by molar-refractivity contribution is -0.157. The van der Waals surface area contributed by atoms with Gasteiger partial charge in [-0.15, -0.1) is 13.2 Å². The topological polar surface area (TPSA) is 112 Å². The molecular formula is C10H13NO6. The smallest absolute Gasteiger partial charge is 0.327 e. The Balaban J connectivity index is 0.00000121. The molecule has 0 spiro atoms. The van der Waals surface area contributed by atoms with E-state index in [1.54, 1.807) is 0 Å². The molecule has 7 heteroatoms. The Morgan fingerprint density at radius 2 is 1.59 bits per heavy atom. The molecule has 1 atom stereocenters. The van der Waals surface area contributed by atoms with Crippen molar-refractivity contribution in [2.45, 2.75) is 25.3 Å². The summed E-state index contributed by atoms with van der Waals surface area (Å²) in [6.45, 7) is 6.00. The van der Waals surface area contributed by atoms with Crippen LogP contribution in [0.25, 0.3) is 0 Å². The Bertz CT molecular complexity index is 335. The molecule has 1 unspecified atom stereocenters. The Kier molecular flexibility index (Phi) is 5.59. The van der Waals surface area contributed by atoms with Crippen molar-refractivity contribution in [2.75, 3.05) is 0 Å². The Hall–Kier alpha value is -2.18. The standard InChI is InChI=1S/C8H9NO6.C2H4/c10-5-1-2-6(11)9(5)4(8(14)15)3-7(12)13;1-2/h4H,1-3H2,(H,12,13)(H,14,15);1-2H2. The number of amides is 2. The number of carbonyl (C=O) groups excluding carboxylic acids is 2. The Morgan fingerprint density at radius 1 is 1.18 bits per heavy atom. The number of hydrogen-bond acceptors (Lipinski definition) is 4. The van der Waals surface area contributed by atoms with Crippen LogP contribution in [0.1, 0.15) is 19.3 Å². The molecule has 0 aromatic heterocycles. The molecule has 0 saturated carbocycles. The van der Waals surface area contributed by atoms with Gasteiger partial charge in [-0.05, 0) is 0 Å². The van der Waals surface area contributed by atoms with Crippen molar-refractivity contribution in [3.63, 3.8) is 0 Å². The van der Waals surface area contributed by atoms with Gasteiger partial charge in [0.25, 0.3) is 0 Å². The molecule has 17 heavy (non-hydrogen) atoms. The molecule has 1 fully saturated rings. The fourth-order valence-corrected chi connectivity index (χ4v) is 1.40. The van der Waals surface area contributed by atoms with E-state index >= 15 is 0 Å². The highest BCUT2D eigenvalue weighted by Gasteiger charge is 2.39. The molecule has 2 amide bonds. The van der Waals surface area contributed by atoms with Crippen LogP contribution in [-0.4, -0.2) is 44.9 Å². The summed E-state index contributed by atoms with van der Waals surface area (Å²) in [6.07, 6.45) is -0.878. The molecule has 7 nitrogen and oxygen atoms in total. The van der Waals surface area contributed by atoms with Crippen LogP contribution in [0.2, 0.25) is 0 Å². The average molecular weight is 243 g/mol. The molecule has 0 radical (unpaired) electrons. The van der Waals surface area contributed by atoms with Gasteiger partial charge in [0.2, 0.25) is 11.8 Å². The van der Waals surface area contributed by atoms with Gasteiger partial charge in [0, 0.05) is 12.8 Å². The number of aliphatic carboxylic acids is 2. The van der Waals surface area contributed by atoms with E-state index in [0.717, 1.165) is 0 Å². The van der Waals surface area contributed by atoms with E-state index in [1.165, 1.54) is 0 Å². The van der Waals surface area contributed by atoms with Crippen LogP contribution in [0.4, 0.5) is 0 Å². The molecule has 0 aromatic carbocycles. The number of carbonyl (C=O) groups is 4.